The van der Waals surface area contributed by atoms with Crippen LogP contribution in [0.3, 0.4) is 0 Å². The van der Waals surface area contributed by atoms with Crippen molar-refractivity contribution in [1.29, 1.82) is 0 Å². The van der Waals surface area contributed by atoms with Crippen molar-refractivity contribution in [3.63, 3.8) is 0 Å². The summed E-state index contributed by atoms with van der Waals surface area (Å²) in [7, 11) is -1.76. The molecule has 0 atom stereocenters. The molecule has 1 aromatic heterocycles. The highest BCUT2D eigenvalue weighted by molar-refractivity contribution is 7.91. The summed E-state index contributed by atoms with van der Waals surface area (Å²) in [5.74, 6) is -1.03. The summed E-state index contributed by atoms with van der Waals surface area (Å²) < 4.78 is 26.5. The number of aromatic carboxylic acids is 1. The number of carbonyl (C=O) groups is 1. The first-order valence-electron chi connectivity index (χ1n) is 6.25. The quantitative estimate of drug-likeness (QED) is 0.818. The van der Waals surface area contributed by atoms with E-state index in [1.165, 1.54) is 5.51 Å². The SMILES string of the molecule is CN1CCC(CNS(=O)(=O)c2scnc2C(=O)O)CC1. The Bertz CT molecular complexity index is 576. The molecule has 1 aliphatic rings. The van der Waals surface area contributed by atoms with E-state index in [1.54, 1.807) is 0 Å². The van der Waals surface area contributed by atoms with Crippen molar-refractivity contribution in [2.75, 3.05) is 26.7 Å². The van der Waals surface area contributed by atoms with E-state index in [2.05, 4.69) is 14.6 Å². The van der Waals surface area contributed by atoms with Crippen molar-refractivity contribution in [3.8, 4) is 0 Å². The Balaban J connectivity index is 2.01. The summed E-state index contributed by atoms with van der Waals surface area (Å²) in [6, 6.07) is 0. The van der Waals surface area contributed by atoms with Crippen LogP contribution in [-0.4, -0.2) is 56.1 Å². The molecule has 7 nitrogen and oxygen atoms in total. The first kappa shape index (κ1) is 15.4. The number of sulfonamides is 1. The molecule has 0 bridgehead atoms. The van der Waals surface area contributed by atoms with Gasteiger partial charge in [-0.15, -0.1) is 11.3 Å². The van der Waals surface area contributed by atoms with Crippen molar-refractivity contribution in [1.82, 2.24) is 14.6 Å². The van der Waals surface area contributed by atoms with Gasteiger partial charge in [0.2, 0.25) is 0 Å². The van der Waals surface area contributed by atoms with Gasteiger partial charge in [-0.1, -0.05) is 0 Å². The molecular weight excluding hydrogens is 302 g/mol. The molecule has 0 unspecified atom stereocenters. The summed E-state index contributed by atoms with van der Waals surface area (Å²) in [4.78, 5) is 16.7. The van der Waals surface area contributed by atoms with E-state index in [4.69, 9.17) is 5.11 Å². The van der Waals surface area contributed by atoms with Crippen molar-refractivity contribution < 1.29 is 18.3 Å². The number of thiazole rings is 1. The van der Waals surface area contributed by atoms with Gasteiger partial charge in [-0.2, -0.15) is 0 Å². The first-order valence-corrected chi connectivity index (χ1v) is 8.61. The lowest BCUT2D eigenvalue weighted by atomic mass is 9.98. The Morgan fingerprint density at radius 2 is 2.20 bits per heavy atom. The average molecular weight is 319 g/mol. The van der Waals surface area contributed by atoms with Gasteiger partial charge in [0.1, 0.15) is 0 Å². The summed E-state index contributed by atoms with van der Waals surface area (Å²) in [6.45, 7) is 2.24. The van der Waals surface area contributed by atoms with E-state index in [9.17, 15) is 13.2 Å². The Morgan fingerprint density at radius 3 is 2.80 bits per heavy atom. The topological polar surface area (TPSA) is 99.6 Å². The number of hydrogen-bond acceptors (Lipinski definition) is 6. The Morgan fingerprint density at radius 1 is 1.55 bits per heavy atom. The van der Waals surface area contributed by atoms with Gasteiger partial charge in [0.25, 0.3) is 10.0 Å². The number of piperidine rings is 1. The summed E-state index contributed by atoms with van der Waals surface area (Å²) in [5, 5.41) is 8.91. The van der Waals surface area contributed by atoms with Crippen LogP contribution in [0.2, 0.25) is 0 Å². The van der Waals surface area contributed by atoms with Crippen LogP contribution in [0, 0.1) is 5.92 Å². The number of nitrogens with one attached hydrogen (secondary N) is 1. The zero-order chi connectivity index (χ0) is 14.8. The van der Waals surface area contributed by atoms with Crippen LogP contribution < -0.4 is 4.72 Å². The van der Waals surface area contributed by atoms with E-state index < -0.39 is 21.7 Å². The molecule has 0 saturated carbocycles. The van der Waals surface area contributed by atoms with Crippen molar-refractivity contribution >= 4 is 27.3 Å². The number of likely N-dealkylation sites (tertiary alicyclic amines) is 1. The van der Waals surface area contributed by atoms with Crippen molar-refractivity contribution in [2.24, 2.45) is 5.92 Å². The largest absolute Gasteiger partial charge is 0.476 e. The standard InChI is InChI=1S/C11H17N3O4S2/c1-14-4-2-8(3-5-14)6-13-20(17,18)11-9(10(15)16)12-7-19-11/h7-8,13H,2-6H2,1H3,(H,15,16). The molecule has 0 radical (unpaired) electrons. The molecule has 2 heterocycles. The molecule has 1 fully saturated rings. The molecule has 2 N–H and O–H groups in total. The second-order valence-electron chi connectivity index (χ2n) is 4.89. The molecule has 1 saturated heterocycles. The van der Waals surface area contributed by atoms with E-state index in [0.717, 1.165) is 37.3 Å². The average Bonchev–Trinajstić information content (AvgIpc) is 2.88. The van der Waals surface area contributed by atoms with E-state index >= 15 is 0 Å². The van der Waals surface area contributed by atoms with E-state index in [-0.39, 0.29) is 4.21 Å². The minimum absolute atomic E-state index is 0.224. The number of carboxylic acid groups (broad SMARTS) is 1. The van der Waals surface area contributed by atoms with Crippen LogP contribution in [0.1, 0.15) is 23.3 Å². The fraction of sp³-hybridized carbons (Fsp3) is 0.636. The van der Waals surface area contributed by atoms with Gasteiger partial charge in [-0.05, 0) is 38.9 Å². The molecule has 112 valence electrons. The fourth-order valence-corrected chi connectivity index (χ4v) is 4.43. The van der Waals surface area contributed by atoms with Gasteiger partial charge in [0.05, 0.1) is 5.51 Å². The van der Waals surface area contributed by atoms with Crippen LogP contribution in [-0.2, 0) is 10.0 Å². The number of carboxylic acids is 1. The number of aromatic nitrogens is 1. The highest BCUT2D eigenvalue weighted by Crippen LogP contribution is 2.21. The predicted molar refractivity (Wildman–Crippen MR) is 74.5 cm³/mol. The maximum Gasteiger partial charge on any atom is 0.356 e. The Labute approximate surface area is 121 Å². The highest BCUT2D eigenvalue weighted by Gasteiger charge is 2.27. The molecule has 0 aromatic carbocycles. The number of hydrogen-bond donors (Lipinski definition) is 2. The second kappa shape index (κ2) is 6.17. The number of rotatable bonds is 5. The lowest BCUT2D eigenvalue weighted by Gasteiger charge is -2.28. The Hall–Kier alpha value is -1.03. The van der Waals surface area contributed by atoms with Gasteiger partial charge in [0, 0.05) is 6.54 Å². The van der Waals surface area contributed by atoms with Crippen LogP contribution in [0.5, 0.6) is 0 Å². The zero-order valence-corrected chi connectivity index (χ0v) is 12.7. The second-order valence-corrected chi connectivity index (χ2v) is 7.71. The summed E-state index contributed by atoms with van der Waals surface area (Å²) in [5.41, 5.74) is 0.819. The third-order valence-electron chi connectivity index (χ3n) is 3.38. The lowest BCUT2D eigenvalue weighted by molar-refractivity contribution is 0.0687. The van der Waals surface area contributed by atoms with Crippen LogP contribution >= 0.6 is 11.3 Å². The summed E-state index contributed by atoms with van der Waals surface area (Å²) in [6.07, 6.45) is 1.88. The molecule has 0 aliphatic carbocycles. The maximum absolute atomic E-state index is 12.1. The van der Waals surface area contributed by atoms with Gasteiger partial charge in [0.15, 0.2) is 9.90 Å². The predicted octanol–water partition coefficient (Wildman–Crippen LogP) is 0.461. The first-order chi connectivity index (χ1) is 9.40. The highest BCUT2D eigenvalue weighted by atomic mass is 32.2. The minimum Gasteiger partial charge on any atom is -0.476 e. The summed E-state index contributed by atoms with van der Waals surface area (Å²) >= 11 is 0.821. The van der Waals surface area contributed by atoms with Gasteiger partial charge in [-0.25, -0.2) is 22.9 Å². The minimum atomic E-state index is -3.79. The molecule has 1 aliphatic heterocycles. The maximum atomic E-state index is 12.1. The van der Waals surface area contributed by atoms with Crippen LogP contribution in [0.15, 0.2) is 9.72 Å². The van der Waals surface area contributed by atoms with Crippen molar-refractivity contribution in [2.45, 2.75) is 17.1 Å². The fourth-order valence-electron chi connectivity index (χ4n) is 2.13. The van der Waals surface area contributed by atoms with Crippen molar-refractivity contribution in [3.05, 3.63) is 11.2 Å². The van der Waals surface area contributed by atoms with E-state index in [0.29, 0.717) is 12.5 Å². The lowest BCUT2D eigenvalue weighted by Crippen LogP contribution is -2.37. The smallest absolute Gasteiger partial charge is 0.356 e. The van der Waals surface area contributed by atoms with Crippen LogP contribution in [0.4, 0.5) is 0 Å². The molecule has 0 amide bonds. The third kappa shape index (κ3) is 3.54. The molecule has 9 heteroatoms. The zero-order valence-electron chi connectivity index (χ0n) is 11.1. The van der Waals surface area contributed by atoms with E-state index in [1.807, 2.05) is 7.05 Å². The molecule has 20 heavy (non-hydrogen) atoms. The normalized spacial score (nSPS) is 18.2. The molecule has 1 aromatic rings. The van der Waals surface area contributed by atoms with Gasteiger partial charge >= 0.3 is 5.97 Å². The molecule has 2 rings (SSSR count). The molecular formula is C11H17N3O4S2. The van der Waals surface area contributed by atoms with Gasteiger partial charge in [-0.3, -0.25) is 0 Å². The monoisotopic (exact) mass is 319 g/mol. The third-order valence-corrected chi connectivity index (χ3v) is 6.18. The Kier molecular flexibility index (Phi) is 4.74. The van der Waals surface area contributed by atoms with Crippen LogP contribution in [0.25, 0.3) is 0 Å². The number of nitrogens with zero attached hydrogens (tertiary/aromatic N) is 2. The van der Waals surface area contributed by atoms with Gasteiger partial charge < -0.3 is 10.0 Å². The molecule has 0 spiro atoms.